The maximum absolute atomic E-state index is 12.5. The molecule has 0 aromatic heterocycles. The zero-order valence-corrected chi connectivity index (χ0v) is 49.8. The van der Waals surface area contributed by atoms with E-state index in [-0.39, 0.29) is 18.5 Å². The highest BCUT2D eigenvalue weighted by atomic mass is 16.5. The van der Waals surface area contributed by atoms with Gasteiger partial charge in [0.15, 0.2) is 0 Å². The van der Waals surface area contributed by atoms with E-state index >= 15 is 0 Å². The molecule has 0 rings (SSSR count). The van der Waals surface area contributed by atoms with Crippen LogP contribution in [0.3, 0.4) is 0 Å². The van der Waals surface area contributed by atoms with E-state index in [1.165, 1.54) is 263 Å². The largest absolute Gasteiger partial charge is 0.466 e. The Kier molecular flexibility index (Phi) is 62.0. The molecule has 0 aliphatic heterocycles. The number of carbonyl (C=O) groups is 2. The molecular formula is C68H129NO5. The van der Waals surface area contributed by atoms with E-state index in [0.29, 0.717) is 25.9 Å². The summed E-state index contributed by atoms with van der Waals surface area (Å²) in [5.74, 6) is -0.0504. The molecular weight excluding hydrogens is 911 g/mol. The van der Waals surface area contributed by atoms with Crippen LogP contribution in [0.5, 0.6) is 0 Å². The van der Waals surface area contributed by atoms with Gasteiger partial charge < -0.3 is 20.3 Å². The quantitative estimate of drug-likeness (QED) is 0.0320. The number of nitrogens with one attached hydrogen (secondary N) is 1. The van der Waals surface area contributed by atoms with E-state index < -0.39 is 12.1 Å². The molecule has 1 amide bonds. The molecule has 6 heteroatoms. The standard InChI is InChI=1S/C68H129NO5/c1-3-5-7-9-11-13-15-17-19-21-22-23-24-25-29-32-36-40-44-48-52-56-60-66(71)65(64-70)69-67(72)61-57-53-49-45-41-37-33-30-26-27-31-35-39-43-47-51-55-59-63-74-68(73)62-58-54-50-46-42-38-34-28-20-18-16-14-12-10-8-6-4-2/h12,14,18,20,30,33,65-66,70-71H,3-11,13,15-17,19,21-29,31-32,34-64H2,1-2H3,(H,69,72)/b14-12-,20-18-,33-30-. The fourth-order valence-electron chi connectivity index (χ4n) is 10.3. The minimum atomic E-state index is -0.675. The Hall–Kier alpha value is -1.92. The summed E-state index contributed by atoms with van der Waals surface area (Å²) in [5, 5.41) is 23.4. The lowest BCUT2D eigenvalue weighted by molar-refractivity contribution is -0.143. The van der Waals surface area contributed by atoms with E-state index in [4.69, 9.17) is 4.74 Å². The topological polar surface area (TPSA) is 95.9 Å². The van der Waals surface area contributed by atoms with Crippen LogP contribution < -0.4 is 5.32 Å². The molecule has 3 N–H and O–H groups in total. The van der Waals surface area contributed by atoms with Crippen LogP contribution >= 0.6 is 0 Å². The van der Waals surface area contributed by atoms with Crippen molar-refractivity contribution in [2.24, 2.45) is 0 Å². The van der Waals surface area contributed by atoms with Gasteiger partial charge in [0.05, 0.1) is 25.4 Å². The lowest BCUT2D eigenvalue weighted by Crippen LogP contribution is -2.45. The Morgan fingerprint density at radius 1 is 0.378 bits per heavy atom. The van der Waals surface area contributed by atoms with Crippen molar-refractivity contribution in [1.82, 2.24) is 5.32 Å². The first kappa shape index (κ1) is 72.1. The summed E-state index contributed by atoms with van der Waals surface area (Å²) in [4.78, 5) is 24.6. The molecule has 0 aromatic carbocycles. The predicted molar refractivity (Wildman–Crippen MR) is 324 cm³/mol. The van der Waals surface area contributed by atoms with Gasteiger partial charge in [0.2, 0.25) is 5.91 Å². The molecule has 0 bridgehead atoms. The Balaban J connectivity index is 3.44. The number of carbonyl (C=O) groups excluding carboxylic acids is 2. The molecule has 0 spiro atoms. The number of allylic oxidation sites excluding steroid dienone is 6. The molecule has 436 valence electrons. The number of hydrogen-bond donors (Lipinski definition) is 3. The molecule has 2 unspecified atom stereocenters. The highest BCUT2D eigenvalue weighted by molar-refractivity contribution is 5.76. The molecule has 0 radical (unpaired) electrons. The van der Waals surface area contributed by atoms with E-state index in [1.807, 2.05) is 0 Å². The summed E-state index contributed by atoms with van der Waals surface area (Å²) >= 11 is 0. The maximum Gasteiger partial charge on any atom is 0.305 e. The van der Waals surface area contributed by atoms with Gasteiger partial charge in [-0.2, -0.15) is 0 Å². The van der Waals surface area contributed by atoms with Crippen molar-refractivity contribution < 1.29 is 24.5 Å². The molecule has 0 heterocycles. The van der Waals surface area contributed by atoms with Crippen LogP contribution in [0.4, 0.5) is 0 Å². The number of esters is 1. The number of aliphatic hydroxyl groups excluding tert-OH is 2. The van der Waals surface area contributed by atoms with Gasteiger partial charge in [-0.25, -0.2) is 0 Å². The number of aliphatic hydroxyl groups is 2. The van der Waals surface area contributed by atoms with Crippen molar-refractivity contribution >= 4 is 11.9 Å². The second-order valence-electron chi connectivity index (χ2n) is 22.8. The molecule has 0 fully saturated rings. The van der Waals surface area contributed by atoms with E-state index in [9.17, 15) is 19.8 Å². The average molecular weight is 1040 g/mol. The van der Waals surface area contributed by atoms with Crippen LogP contribution in [0.15, 0.2) is 36.5 Å². The van der Waals surface area contributed by atoms with Gasteiger partial charge in [-0.05, 0) is 83.5 Å². The number of ether oxygens (including phenoxy) is 1. The van der Waals surface area contributed by atoms with Gasteiger partial charge in [-0.15, -0.1) is 0 Å². The number of amides is 1. The molecule has 0 aromatic rings. The van der Waals surface area contributed by atoms with E-state index in [0.717, 1.165) is 64.2 Å². The third kappa shape index (κ3) is 59.3. The van der Waals surface area contributed by atoms with E-state index in [2.05, 4.69) is 55.6 Å². The molecule has 2 atom stereocenters. The van der Waals surface area contributed by atoms with Gasteiger partial charge in [-0.3, -0.25) is 9.59 Å². The highest BCUT2D eigenvalue weighted by Gasteiger charge is 2.20. The minimum Gasteiger partial charge on any atom is -0.466 e. The maximum atomic E-state index is 12.5. The van der Waals surface area contributed by atoms with Crippen molar-refractivity contribution in [3.05, 3.63) is 36.5 Å². The zero-order chi connectivity index (χ0) is 53.6. The van der Waals surface area contributed by atoms with Crippen LogP contribution in [0.25, 0.3) is 0 Å². The fourth-order valence-corrected chi connectivity index (χ4v) is 10.3. The lowest BCUT2D eigenvalue weighted by atomic mass is 10.0. The Morgan fingerprint density at radius 3 is 1.07 bits per heavy atom. The first-order valence-electron chi connectivity index (χ1n) is 33.2. The molecule has 74 heavy (non-hydrogen) atoms. The third-order valence-corrected chi connectivity index (χ3v) is 15.4. The fraction of sp³-hybridized carbons (Fsp3) is 0.882. The summed E-state index contributed by atoms with van der Waals surface area (Å²) in [6.07, 6.45) is 80.2. The van der Waals surface area contributed by atoms with Gasteiger partial charge in [0.1, 0.15) is 0 Å². The Bertz CT molecular complexity index is 1200. The van der Waals surface area contributed by atoms with Gasteiger partial charge >= 0.3 is 5.97 Å². The predicted octanol–water partition coefficient (Wildman–Crippen LogP) is 21.1. The molecule has 0 aliphatic carbocycles. The third-order valence-electron chi connectivity index (χ3n) is 15.4. The molecule has 0 aliphatic rings. The number of rotatable bonds is 62. The Morgan fingerprint density at radius 2 is 0.676 bits per heavy atom. The van der Waals surface area contributed by atoms with Gasteiger partial charge in [0, 0.05) is 12.8 Å². The van der Waals surface area contributed by atoms with Crippen LogP contribution in [-0.4, -0.2) is 47.4 Å². The monoisotopic (exact) mass is 1040 g/mol. The second-order valence-corrected chi connectivity index (χ2v) is 22.8. The summed E-state index contributed by atoms with van der Waals surface area (Å²) in [7, 11) is 0. The van der Waals surface area contributed by atoms with Crippen molar-refractivity contribution in [2.45, 2.75) is 373 Å². The highest BCUT2D eigenvalue weighted by Crippen LogP contribution is 2.18. The lowest BCUT2D eigenvalue weighted by Gasteiger charge is -2.22. The van der Waals surface area contributed by atoms with Crippen LogP contribution in [0.2, 0.25) is 0 Å². The first-order valence-corrected chi connectivity index (χ1v) is 33.2. The summed E-state index contributed by atoms with van der Waals surface area (Å²) in [6.45, 7) is 4.94. The van der Waals surface area contributed by atoms with Gasteiger partial charge in [-0.1, -0.05) is 301 Å². The SMILES string of the molecule is CCCCC/C=C\C/C=C\CCCCCCCCCC(=O)OCCCCCCCCCCC/C=C\CCCCCCCC(=O)NC(CO)C(O)CCCCCCCCCCCCCCCCCCCCCCCC. The number of unbranched alkanes of at least 4 members (excludes halogenated alkanes) is 45. The van der Waals surface area contributed by atoms with E-state index in [1.54, 1.807) is 0 Å². The zero-order valence-electron chi connectivity index (χ0n) is 49.8. The Labute approximate surface area is 462 Å². The van der Waals surface area contributed by atoms with Crippen molar-refractivity contribution in [2.75, 3.05) is 13.2 Å². The van der Waals surface area contributed by atoms with Crippen LogP contribution in [0.1, 0.15) is 361 Å². The average Bonchev–Trinajstić information content (AvgIpc) is 3.40. The van der Waals surface area contributed by atoms with Crippen LogP contribution in [-0.2, 0) is 14.3 Å². The van der Waals surface area contributed by atoms with Gasteiger partial charge in [0.25, 0.3) is 0 Å². The molecule has 0 saturated heterocycles. The minimum absolute atomic E-state index is 0.00416. The van der Waals surface area contributed by atoms with Crippen molar-refractivity contribution in [3.63, 3.8) is 0 Å². The molecule has 0 saturated carbocycles. The first-order chi connectivity index (χ1) is 36.5. The summed E-state index contributed by atoms with van der Waals surface area (Å²) in [6, 6.07) is -0.554. The van der Waals surface area contributed by atoms with Crippen molar-refractivity contribution in [3.8, 4) is 0 Å². The molecule has 6 nitrogen and oxygen atoms in total. The summed E-state index contributed by atoms with van der Waals surface area (Å²) in [5.41, 5.74) is 0. The smallest absolute Gasteiger partial charge is 0.305 e. The van der Waals surface area contributed by atoms with Crippen molar-refractivity contribution in [1.29, 1.82) is 0 Å². The van der Waals surface area contributed by atoms with Crippen LogP contribution in [0, 0.1) is 0 Å². The number of hydrogen-bond acceptors (Lipinski definition) is 5. The second kappa shape index (κ2) is 63.6. The summed E-state index contributed by atoms with van der Waals surface area (Å²) < 4.78 is 5.49. The normalized spacial score (nSPS) is 12.8.